The Labute approximate surface area is 195 Å². The van der Waals surface area contributed by atoms with E-state index < -0.39 is 0 Å². The molecule has 0 saturated carbocycles. The van der Waals surface area contributed by atoms with Crippen LogP contribution >= 0.6 is 35.3 Å². The molecule has 1 fully saturated rings. The zero-order chi connectivity index (χ0) is 19.8. The third-order valence-corrected chi connectivity index (χ3v) is 5.89. The van der Waals surface area contributed by atoms with Gasteiger partial charge in [0.1, 0.15) is 6.54 Å². The molecule has 0 radical (unpaired) electrons. The number of nitrogens with one attached hydrogen (secondary N) is 2. The summed E-state index contributed by atoms with van der Waals surface area (Å²) in [5.41, 5.74) is 0.983. The number of guanidine groups is 1. The van der Waals surface area contributed by atoms with Gasteiger partial charge in [-0.3, -0.25) is 4.90 Å². The monoisotopic (exact) mass is 531 g/mol. The van der Waals surface area contributed by atoms with Gasteiger partial charge in [0.15, 0.2) is 11.7 Å². The molecule has 3 heterocycles. The van der Waals surface area contributed by atoms with Crippen LogP contribution in [-0.2, 0) is 13.1 Å². The first kappa shape index (κ1) is 24.1. The van der Waals surface area contributed by atoms with Gasteiger partial charge >= 0.3 is 0 Å². The standard InChI is InChI=1S/C21H33N5OS.HI/c1-4-22-21(24-13-18-11-20(16(2)3)25-27-18)23-12-17-7-5-9-26(14-17)15-19-8-6-10-28-19;/h6,8,10-11,16-17H,4-5,7,9,12-15H2,1-3H3,(H2,22,23,24);1H. The number of nitrogens with zero attached hydrogens (tertiary/aromatic N) is 3. The second-order valence-corrected chi connectivity index (χ2v) is 8.80. The molecule has 3 rings (SSSR count). The van der Waals surface area contributed by atoms with Gasteiger partial charge in [0.25, 0.3) is 0 Å². The van der Waals surface area contributed by atoms with Crippen LogP contribution in [0.2, 0.25) is 0 Å². The minimum Gasteiger partial charge on any atom is -0.359 e. The molecule has 2 aromatic heterocycles. The second-order valence-electron chi connectivity index (χ2n) is 7.77. The smallest absolute Gasteiger partial charge is 0.191 e. The zero-order valence-corrected chi connectivity index (χ0v) is 20.8. The topological polar surface area (TPSA) is 65.7 Å². The number of rotatable bonds is 8. The van der Waals surface area contributed by atoms with E-state index in [1.807, 2.05) is 17.4 Å². The summed E-state index contributed by atoms with van der Waals surface area (Å²) in [5.74, 6) is 2.67. The number of halogens is 1. The molecule has 0 amide bonds. The van der Waals surface area contributed by atoms with Crippen molar-refractivity contribution in [3.05, 3.63) is 39.9 Å². The van der Waals surface area contributed by atoms with Crippen molar-refractivity contribution in [3.8, 4) is 0 Å². The summed E-state index contributed by atoms with van der Waals surface area (Å²) < 4.78 is 5.39. The van der Waals surface area contributed by atoms with Crippen molar-refractivity contribution in [2.24, 2.45) is 10.9 Å². The molecule has 2 N–H and O–H groups in total. The largest absolute Gasteiger partial charge is 0.359 e. The third kappa shape index (κ3) is 7.90. The van der Waals surface area contributed by atoms with Crippen LogP contribution in [0, 0.1) is 5.92 Å². The maximum atomic E-state index is 5.39. The maximum absolute atomic E-state index is 5.39. The summed E-state index contributed by atoms with van der Waals surface area (Å²) in [6, 6.07) is 6.37. The van der Waals surface area contributed by atoms with Gasteiger partial charge in [0.2, 0.25) is 0 Å². The molecular weight excluding hydrogens is 497 g/mol. The highest BCUT2D eigenvalue weighted by atomic mass is 127. The van der Waals surface area contributed by atoms with Gasteiger partial charge in [-0.2, -0.15) is 0 Å². The second kappa shape index (κ2) is 12.5. The summed E-state index contributed by atoms with van der Waals surface area (Å²) in [4.78, 5) is 8.70. The number of aromatic nitrogens is 1. The van der Waals surface area contributed by atoms with Gasteiger partial charge in [0, 0.05) is 37.1 Å². The van der Waals surface area contributed by atoms with E-state index in [-0.39, 0.29) is 24.0 Å². The summed E-state index contributed by atoms with van der Waals surface area (Å²) in [6.45, 7) is 12.0. The third-order valence-electron chi connectivity index (χ3n) is 5.03. The molecule has 0 bridgehead atoms. The Morgan fingerprint density at radius 3 is 2.97 bits per heavy atom. The number of aliphatic imine (C=N–C) groups is 1. The van der Waals surface area contributed by atoms with Gasteiger partial charge < -0.3 is 15.2 Å². The molecule has 0 aliphatic carbocycles. The van der Waals surface area contributed by atoms with Crippen LogP contribution in [0.4, 0.5) is 0 Å². The lowest BCUT2D eigenvalue weighted by molar-refractivity contribution is 0.169. The van der Waals surface area contributed by atoms with E-state index in [0.29, 0.717) is 18.4 Å². The van der Waals surface area contributed by atoms with E-state index in [1.165, 1.54) is 24.3 Å². The first-order chi connectivity index (χ1) is 13.6. The van der Waals surface area contributed by atoms with Crippen molar-refractivity contribution in [3.63, 3.8) is 0 Å². The highest BCUT2D eigenvalue weighted by molar-refractivity contribution is 14.0. The molecule has 1 unspecified atom stereocenters. The number of likely N-dealkylation sites (tertiary alicyclic amines) is 1. The molecule has 1 saturated heterocycles. The Morgan fingerprint density at radius 1 is 1.41 bits per heavy atom. The van der Waals surface area contributed by atoms with Crippen molar-refractivity contribution in [2.75, 3.05) is 26.2 Å². The quantitative estimate of drug-likeness (QED) is 0.300. The van der Waals surface area contributed by atoms with Gasteiger partial charge in [0.05, 0.1) is 5.69 Å². The SMILES string of the molecule is CCNC(=NCc1cc(C(C)C)no1)NCC1CCCN(Cc2cccs2)C1.I. The first-order valence-electron chi connectivity index (χ1n) is 10.4. The Bertz CT molecular complexity index is 731. The van der Waals surface area contributed by atoms with Gasteiger partial charge in [-0.1, -0.05) is 25.1 Å². The van der Waals surface area contributed by atoms with Crippen molar-refractivity contribution in [1.82, 2.24) is 20.7 Å². The van der Waals surface area contributed by atoms with Gasteiger partial charge in [-0.25, -0.2) is 4.99 Å². The normalized spacial score (nSPS) is 17.9. The van der Waals surface area contributed by atoms with E-state index in [2.05, 4.69) is 64.0 Å². The van der Waals surface area contributed by atoms with Crippen molar-refractivity contribution in [1.29, 1.82) is 0 Å². The lowest BCUT2D eigenvalue weighted by Crippen LogP contribution is -2.44. The van der Waals surface area contributed by atoms with Crippen molar-refractivity contribution < 1.29 is 4.52 Å². The molecule has 0 aromatic carbocycles. The molecule has 0 spiro atoms. The van der Waals surface area contributed by atoms with Crippen molar-refractivity contribution in [2.45, 2.75) is 52.6 Å². The first-order valence-corrected chi connectivity index (χ1v) is 11.2. The predicted octanol–water partition coefficient (Wildman–Crippen LogP) is 4.44. The summed E-state index contributed by atoms with van der Waals surface area (Å²) in [6.07, 6.45) is 2.54. The van der Waals surface area contributed by atoms with E-state index in [4.69, 9.17) is 4.52 Å². The van der Waals surface area contributed by atoms with E-state index in [0.717, 1.165) is 43.6 Å². The number of hydrogen-bond donors (Lipinski definition) is 2. The molecule has 6 nitrogen and oxygen atoms in total. The Hall–Kier alpha value is -1.13. The number of hydrogen-bond acceptors (Lipinski definition) is 5. The fourth-order valence-corrected chi connectivity index (χ4v) is 4.25. The van der Waals surface area contributed by atoms with Crippen LogP contribution < -0.4 is 10.6 Å². The lowest BCUT2D eigenvalue weighted by Gasteiger charge is -2.32. The van der Waals surface area contributed by atoms with Crippen molar-refractivity contribution >= 4 is 41.3 Å². The Morgan fingerprint density at radius 2 is 2.28 bits per heavy atom. The minimum absolute atomic E-state index is 0. The van der Waals surface area contributed by atoms with Crippen LogP contribution in [-0.4, -0.2) is 42.2 Å². The van der Waals surface area contributed by atoms with Crippen LogP contribution in [0.15, 0.2) is 33.1 Å². The summed E-state index contributed by atoms with van der Waals surface area (Å²) in [5, 5.41) is 13.1. The van der Waals surface area contributed by atoms with Gasteiger partial charge in [-0.15, -0.1) is 35.3 Å². The average Bonchev–Trinajstić information content (AvgIpc) is 3.36. The fourth-order valence-electron chi connectivity index (χ4n) is 3.50. The molecule has 1 aliphatic heterocycles. The number of piperidine rings is 1. The molecule has 162 valence electrons. The number of thiophene rings is 1. The molecular formula is C21H34IN5OS. The zero-order valence-electron chi connectivity index (χ0n) is 17.7. The van der Waals surface area contributed by atoms with Gasteiger partial charge in [-0.05, 0) is 49.6 Å². The molecule has 1 aliphatic rings. The Kier molecular flexibility index (Phi) is 10.4. The average molecular weight is 532 g/mol. The van der Waals surface area contributed by atoms with E-state index in [1.54, 1.807) is 0 Å². The summed E-state index contributed by atoms with van der Waals surface area (Å²) in [7, 11) is 0. The predicted molar refractivity (Wildman–Crippen MR) is 131 cm³/mol. The van der Waals surface area contributed by atoms with E-state index >= 15 is 0 Å². The molecule has 8 heteroatoms. The van der Waals surface area contributed by atoms with E-state index in [9.17, 15) is 0 Å². The molecule has 1 atom stereocenters. The maximum Gasteiger partial charge on any atom is 0.191 e. The fraction of sp³-hybridized carbons (Fsp3) is 0.619. The summed E-state index contributed by atoms with van der Waals surface area (Å²) >= 11 is 1.85. The lowest BCUT2D eigenvalue weighted by atomic mass is 9.98. The van der Waals surface area contributed by atoms with Crippen LogP contribution in [0.25, 0.3) is 0 Å². The van der Waals surface area contributed by atoms with Crippen LogP contribution in [0.1, 0.15) is 55.9 Å². The highest BCUT2D eigenvalue weighted by Crippen LogP contribution is 2.20. The molecule has 29 heavy (non-hydrogen) atoms. The minimum atomic E-state index is 0. The Balaban J connectivity index is 0.00000300. The van der Waals surface area contributed by atoms with Crippen LogP contribution in [0.5, 0.6) is 0 Å². The highest BCUT2D eigenvalue weighted by Gasteiger charge is 2.20. The molecule has 2 aromatic rings. The van der Waals surface area contributed by atoms with Crippen LogP contribution in [0.3, 0.4) is 0 Å².